The normalized spacial score (nSPS) is 12.9. The Hall–Kier alpha value is -7.10. The number of amides is 1. The summed E-state index contributed by atoms with van der Waals surface area (Å²) in [5.74, 6) is -5.15. The lowest BCUT2D eigenvalue weighted by Gasteiger charge is -2.12. The third-order valence-electron chi connectivity index (χ3n) is 7.41. The number of hydrogen-bond acceptors (Lipinski definition) is 9. The van der Waals surface area contributed by atoms with Crippen molar-refractivity contribution in [2.45, 2.75) is 6.92 Å². The van der Waals surface area contributed by atoms with Gasteiger partial charge < -0.3 is 30.4 Å². The molecule has 0 aliphatic carbocycles. The van der Waals surface area contributed by atoms with Crippen molar-refractivity contribution in [2.24, 2.45) is 5.10 Å². The van der Waals surface area contributed by atoms with Crippen LogP contribution < -0.4 is 26.8 Å². The number of anilines is 1. The monoisotopic (exact) mass is 636 g/mol. The summed E-state index contributed by atoms with van der Waals surface area (Å²) in [5.41, 5.74) is -1.89. The minimum atomic E-state index is -1.59. The summed E-state index contributed by atoms with van der Waals surface area (Å²) in [7, 11) is 0. The lowest BCUT2D eigenvalue weighted by atomic mass is 10.0. The number of aromatic hydroxyl groups is 1. The van der Waals surface area contributed by atoms with Crippen molar-refractivity contribution >= 4 is 41.7 Å². The topological polar surface area (TPSA) is 248 Å². The molecule has 6 N–H and O–H groups in total. The number of aromatic nitrogens is 4. The highest BCUT2D eigenvalue weighted by atomic mass is 16.4. The highest BCUT2D eigenvalue weighted by molar-refractivity contribution is 6.12. The number of aromatic carboxylic acids is 3. The van der Waals surface area contributed by atoms with Crippen molar-refractivity contribution < 1.29 is 39.6 Å². The largest absolute Gasteiger partial charge is 0.494 e. The Bertz CT molecular complexity index is 2420. The Morgan fingerprint density at radius 3 is 1.98 bits per heavy atom. The van der Waals surface area contributed by atoms with Gasteiger partial charge in [0, 0.05) is 5.56 Å². The van der Waals surface area contributed by atoms with Crippen molar-refractivity contribution in [1.82, 2.24) is 19.7 Å². The molecule has 0 fully saturated rings. The van der Waals surface area contributed by atoms with Crippen LogP contribution in [-0.4, -0.2) is 64.0 Å². The lowest BCUT2D eigenvalue weighted by Crippen LogP contribution is -2.41. The van der Waals surface area contributed by atoms with E-state index in [0.29, 0.717) is 5.56 Å². The number of rotatable bonds is 7. The van der Waals surface area contributed by atoms with Crippen LogP contribution in [0.25, 0.3) is 29.2 Å². The van der Waals surface area contributed by atoms with Gasteiger partial charge in [-0.3, -0.25) is 14.4 Å². The molecule has 4 heterocycles. The fourth-order valence-corrected chi connectivity index (χ4v) is 5.12. The number of fused-ring (bicyclic) bond motifs is 2. The van der Waals surface area contributed by atoms with Crippen LogP contribution in [0, 0.1) is 6.92 Å². The molecule has 0 spiro atoms. The third kappa shape index (κ3) is 5.00. The number of benzene rings is 2. The van der Waals surface area contributed by atoms with E-state index < -0.39 is 57.2 Å². The van der Waals surface area contributed by atoms with Crippen LogP contribution >= 0.6 is 0 Å². The lowest BCUT2D eigenvalue weighted by molar-refractivity contribution is 0.0682. The molecule has 2 aromatic carbocycles. The Morgan fingerprint density at radius 2 is 1.40 bits per heavy atom. The van der Waals surface area contributed by atoms with Crippen LogP contribution in [0.1, 0.15) is 52.6 Å². The number of carboxylic acids is 3. The number of carbonyl (C=O) groups is 4. The van der Waals surface area contributed by atoms with E-state index in [4.69, 9.17) is 10.2 Å². The molecular formula is C31H20N6O10. The first-order valence-corrected chi connectivity index (χ1v) is 13.5. The summed E-state index contributed by atoms with van der Waals surface area (Å²) in [6.07, 6.45) is 3.69. The zero-order valence-corrected chi connectivity index (χ0v) is 23.9. The van der Waals surface area contributed by atoms with E-state index in [1.165, 1.54) is 60.7 Å². The predicted molar refractivity (Wildman–Crippen MR) is 163 cm³/mol. The van der Waals surface area contributed by atoms with E-state index in [1.54, 1.807) is 6.92 Å². The van der Waals surface area contributed by atoms with Crippen LogP contribution in [-0.2, 0) is 0 Å². The van der Waals surface area contributed by atoms with Gasteiger partial charge in [0.25, 0.3) is 17.0 Å². The predicted octanol–water partition coefficient (Wildman–Crippen LogP) is 1.15. The van der Waals surface area contributed by atoms with Gasteiger partial charge in [0.15, 0.2) is 17.2 Å². The molecule has 3 aromatic rings. The standard InChI is InChI=1S/C31H20N6O10/c1-13-18(25(38)32-23-20(13)27(40)36(34-23)16-9-5-14(6-10-16)29(42)43)3-2-4-19-21(31(46)47)22-24(33-26(19)39)35-37(28(22)41)17-11-7-15(8-12-17)30(44)45/h2-12H,1H3,(H,42,43)(H,44,45)(H,46,47)(H2,32,34,38)(H,33,35,39)/b3-2?,19-4-. The van der Waals surface area contributed by atoms with Gasteiger partial charge in [-0.05, 0) is 73.2 Å². The molecular weight excluding hydrogens is 616 g/mol. The maximum atomic E-state index is 13.3. The smallest absolute Gasteiger partial charge is 0.337 e. The fraction of sp³-hybridized carbons (Fsp3) is 0.0323. The van der Waals surface area contributed by atoms with Gasteiger partial charge in [-0.2, -0.15) is 9.69 Å². The maximum absolute atomic E-state index is 13.3. The second kappa shape index (κ2) is 11.1. The number of H-pyrrole nitrogens is 2. The van der Waals surface area contributed by atoms with Gasteiger partial charge in [-0.15, -0.1) is 10.2 Å². The van der Waals surface area contributed by atoms with Crippen LogP contribution in [0.15, 0.2) is 69.3 Å². The average Bonchev–Trinajstić information content (AvgIpc) is 3.54. The summed E-state index contributed by atoms with van der Waals surface area (Å²) in [4.78, 5) is 79.3. The molecule has 0 bridgehead atoms. The first kappa shape index (κ1) is 29.9. The van der Waals surface area contributed by atoms with E-state index in [-0.39, 0.29) is 44.9 Å². The number of carbonyl (C=O) groups excluding carboxylic acids is 1. The number of hydrogen-bond donors (Lipinski definition) is 6. The molecule has 16 nitrogen and oxygen atoms in total. The SMILES string of the molecule is Cc1c(C=C/C=c2/c(C(=O)O)c3c([nH]c2=O)=NN(c2ccc(C(=O)O)cc2)C3=O)c(O)[nH]c2nn(-c3ccc(C(=O)O)cc3)c(=O)c1-2. The Balaban J connectivity index is 1.40. The molecule has 3 aliphatic heterocycles. The minimum absolute atomic E-state index is 0.0126. The van der Waals surface area contributed by atoms with Crippen LogP contribution in [0.2, 0.25) is 0 Å². The van der Waals surface area contributed by atoms with Gasteiger partial charge in [0.1, 0.15) is 5.56 Å². The van der Waals surface area contributed by atoms with Crippen molar-refractivity contribution in [3.8, 4) is 23.0 Å². The molecule has 0 atom stereocenters. The summed E-state index contributed by atoms with van der Waals surface area (Å²) in [6.45, 7) is 1.54. The number of allylic oxidation sites excluding steroid dienone is 1. The van der Waals surface area contributed by atoms with Crippen molar-refractivity contribution in [3.63, 3.8) is 0 Å². The van der Waals surface area contributed by atoms with E-state index >= 15 is 0 Å². The molecule has 6 rings (SSSR count). The summed E-state index contributed by atoms with van der Waals surface area (Å²) in [6, 6.07) is 10.5. The van der Waals surface area contributed by atoms with Gasteiger partial charge in [-0.1, -0.05) is 6.08 Å². The molecule has 3 aliphatic rings. The molecule has 47 heavy (non-hydrogen) atoms. The number of nitrogens with one attached hydrogen (secondary N) is 2. The van der Waals surface area contributed by atoms with Gasteiger partial charge in [0.05, 0.1) is 38.8 Å². The van der Waals surface area contributed by atoms with Crippen LogP contribution in [0.5, 0.6) is 5.88 Å². The molecule has 0 radical (unpaired) electrons. The highest BCUT2D eigenvalue weighted by Crippen LogP contribution is 2.30. The summed E-state index contributed by atoms with van der Waals surface area (Å²) >= 11 is 0. The first-order valence-electron chi connectivity index (χ1n) is 13.5. The summed E-state index contributed by atoms with van der Waals surface area (Å²) in [5, 5.41) is 47.7. The third-order valence-corrected chi connectivity index (χ3v) is 7.41. The number of nitrogens with zero attached hydrogens (tertiary/aromatic N) is 4. The molecule has 0 saturated heterocycles. The van der Waals surface area contributed by atoms with E-state index in [9.17, 15) is 39.0 Å². The zero-order valence-electron chi connectivity index (χ0n) is 23.9. The summed E-state index contributed by atoms with van der Waals surface area (Å²) < 4.78 is 1.04. The number of pyridine rings is 2. The van der Waals surface area contributed by atoms with Gasteiger partial charge in [-0.25, -0.2) is 14.4 Å². The fourth-order valence-electron chi connectivity index (χ4n) is 5.12. The highest BCUT2D eigenvalue weighted by Gasteiger charge is 2.32. The quantitative estimate of drug-likeness (QED) is 0.148. The van der Waals surface area contributed by atoms with Gasteiger partial charge >= 0.3 is 17.9 Å². The number of carboxylic acid groups (broad SMARTS) is 3. The molecule has 1 aromatic heterocycles. The second-order valence-electron chi connectivity index (χ2n) is 10.2. The average molecular weight is 637 g/mol. The van der Waals surface area contributed by atoms with Gasteiger partial charge in [0.2, 0.25) is 0 Å². The molecule has 234 valence electrons. The van der Waals surface area contributed by atoms with E-state index in [0.717, 1.165) is 15.8 Å². The van der Waals surface area contributed by atoms with Crippen molar-refractivity contribution in [2.75, 3.05) is 5.01 Å². The zero-order chi connectivity index (χ0) is 33.7. The Labute approximate surface area is 260 Å². The Morgan fingerprint density at radius 1 is 0.809 bits per heavy atom. The van der Waals surface area contributed by atoms with Crippen molar-refractivity contribution in [1.29, 1.82) is 0 Å². The minimum Gasteiger partial charge on any atom is -0.494 e. The molecule has 16 heteroatoms. The van der Waals surface area contributed by atoms with E-state index in [1.807, 2.05) is 0 Å². The van der Waals surface area contributed by atoms with Crippen LogP contribution in [0.3, 0.4) is 0 Å². The molecule has 1 amide bonds. The van der Waals surface area contributed by atoms with Crippen LogP contribution in [0.4, 0.5) is 5.69 Å². The first-order chi connectivity index (χ1) is 22.4. The Kier molecular flexibility index (Phi) is 7.08. The molecule has 0 unspecified atom stereocenters. The van der Waals surface area contributed by atoms with Crippen molar-refractivity contribution in [3.05, 3.63) is 119 Å². The molecule has 0 saturated carbocycles. The second-order valence-corrected chi connectivity index (χ2v) is 10.2. The number of aromatic amines is 2. The maximum Gasteiger partial charge on any atom is 0.337 e. The van der Waals surface area contributed by atoms with E-state index in [2.05, 4.69) is 20.2 Å².